The minimum Gasteiger partial charge on any atom is -0.489 e. The number of hydrogen-bond donors (Lipinski definition) is 3. The second-order valence-electron chi connectivity index (χ2n) is 9.17. The predicted octanol–water partition coefficient (Wildman–Crippen LogP) is 5.12. The number of benzene rings is 3. The Bertz CT molecular complexity index is 1170. The number of carbonyl (C=O) groups excluding carboxylic acids is 1. The van der Waals surface area contributed by atoms with E-state index < -0.39 is 23.7 Å². The fraction of sp³-hybridized carbons (Fsp3) is 0.286. The fourth-order valence-electron chi connectivity index (χ4n) is 3.57. The Labute approximate surface area is 205 Å². The Morgan fingerprint density at radius 1 is 0.943 bits per heavy atom. The molecule has 0 aliphatic heterocycles. The molecule has 0 heterocycles. The Kier molecular flexibility index (Phi) is 8.49. The SMILES string of the molecule is CC(C)(C)OC(=O)N[C@H](CO)c1cccc(-c2cccc(COc3ccccc3CC(=O)O)c2)c1. The zero-order chi connectivity index (χ0) is 25.4. The summed E-state index contributed by atoms with van der Waals surface area (Å²) in [4.78, 5) is 23.3. The number of carbonyl (C=O) groups is 2. The number of rotatable bonds is 9. The number of amides is 1. The summed E-state index contributed by atoms with van der Waals surface area (Å²) in [5, 5.41) is 21.7. The molecule has 1 atom stereocenters. The molecule has 3 N–H and O–H groups in total. The van der Waals surface area contributed by atoms with Crippen LogP contribution in [0.1, 0.15) is 43.5 Å². The van der Waals surface area contributed by atoms with Gasteiger partial charge in [0, 0.05) is 5.56 Å². The smallest absolute Gasteiger partial charge is 0.408 e. The molecule has 0 aliphatic rings. The lowest BCUT2D eigenvalue weighted by atomic mass is 9.98. The molecule has 0 aromatic heterocycles. The van der Waals surface area contributed by atoms with E-state index in [0.29, 0.717) is 11.3 Å². The molecule has 0 saturated carbocycles. The third-order valence-electron chi connectivity index (χ3n) is 5.13. The van der Waals surface area contributed by atoms with Crippen LogP contribution in [-0.2, 0) is 22.6 Å². The Morgan fingerprint density at radius 2 is 1.63 bits per heavy atom. The van der Waals surface area contributed by atoms with E-state index in [1.165, 1.54) is 0 Å². The van der Waals surface area contributed by atoms with E-state index in [9.17, 15) is 14.7 Å². The fourth-order valence-corrected chi connectivity index (χ4v) is 3.57. The van der Waals surface area contributed by atoms with Crippen molar-refractivity contribution in [2.45, 2.75) is 45.4 Å². The lowest BCUT2D eigenvalue weighted by molar-refractivity contribution is -0.136. The van der Waals surface area contributed by atoms with Crippen LogP contribution in [0, 0.1) is 0 Å². The number of carboxylic acid groups (broad SMARTS) is 1. The normalized spacial score (nSPS) is 12.0. The van der Waals surface area contributed by atoms with E-state index in [1.807, 2.05) is 54.6 Å². The van der Waals surface area contributed by atoms with Crippen molar-refractivity contribution in [1.82, 2.24) is 5.32 Å². The largest absolute Gasteiger partial charge is 0.489 e. The van der Waals surface area contributed by atoms with Gasteiger partial charge in [-0.15, -0.1) is 0 Å². The van der Waals surface area contributed by atoms with Crippen molar-refractivity contribution in [3.05, 3.63) is 89.5 Å². The van der Waals surface area contributed by atoms with Gasteiger partial charge in [0.1, 0.15) is 18.0 Å². The van der Waals surface area contributed by atoms with E-state index in [0.717, 1.165) is 22.3 Å². The van der Waals surface area contributed by atoms with E-state index in [-0.39, 0.29) is 19.6 Å². The number of aliphatic hydroxyl groups excluding tert-OH is 1. The van der Waals surface area contributed by atoms with Gasteiger partial charge in [-0.25, -0.2) is 4.79 Å². The molecule has 35 heavy (non-hydrogen) atoms. The van der Waals surface area contributed by atoms with Crippen LogP contribution < -0.4 is 10.1 Å². The van der Waals surface area contributed by atoms with Crippen molar-refractivity contribution in [1.29, 1.82) is 0 Å². The van der Waals surface area contributed by atoms with Gasteiger partial charge in [0.2, 0.25) is 0 Å². The molecule has 7 heteroatoms. The summed E-state index contributed by atoms with van der Waals surface area (Å²) in [6.07, 6.45) is -0.698. The molecule has 0 spiro atoms. The molecule has 0 aliphatic carbocycles. The van der Waals surface area contributed by atoms with Gasteiger partial charge in [0.15, 0.2) is 0 Å². The lowest BCUT2D eigenvalue weighted by Crippen LogP contribution is -2.36. The van der Waals surface area contributed by atoms with Crippen LogP contribution in [0.4, 0.5) is 4.79 Å². The molecule has 3 aromatic carbocycles. The molecule has 7 nitrogen and oxygen atoms in total. The van der Waals surface area contributed by atoms with Crippen molar-refractivity contribution in [3.63, 3.8) is 0 Å². The third-order valence-corrected chi connectivity index (χ3v) is 5.13. The van der Waals surface area contributed by atoms with Crippen molar-refractivity contribution in [2.24, 2.45) is 0 Å². The highest BCUT2D eigenvalue weighted by Gasteiger charge is 2.20. The summed E-state index contributed by atoms with van der Waals surface area (Å²) < 4.78 is 11.2. The van der Waals surface area contributed by atoms with Crippen molar-refractivity contribution < 1.29 is 29.3 Å². The highest BCUT2D eigenvalue weighted by molar-refractivity contribution is 5.71. The van der Waals surface area contributed by atoms with Crippen LogP contribution in [0.25, 0.3) is 11.1 Å². The van der Waals surface area contributed by atoms with Crippen LogP contribution >= 0.6 is 0 Å². The molecule has 0 bridgehead atoms. The van der Waals surface area contributed by atoms with Crippen LogP contribution in [0.15, 0.2) is 72.8 Å². The quantitative estimate of drug-likeness (QED) is 0.395. The van der Waals surface area contributed by atoms with Crippen LogP contribution in [0.3, 0.4) is 0 Å². The second-order valence-corrected chi connectivity index (χ2v) is 9.17. The molecule has 0 unspecified atom stereocenters. The first-order chi connectivity index (χ1) is 16.6. The molecule has 3 aromatic rings. The van der Waals surface area contributed by atoms with Gasteiger partial charge in [0.05, 0.1) is 19.1 Å². The number of ether oxygens (including phenoxy) is 2. The van der Waals surface area contributed by atoms with E-state index in [4.69, 9.17) is 14.6 Å². The van der Waals surface area contributed by atoms with Gasteiger partial charge in [0.25, 0.3) is 0 Å². The average molecular weight is 478 g/mol. The summed E-state index contributed by atoms with van der Waals surface area (Å²) >= 11 is 0. The highest BCUT2D eigenvalue weighted by Crippen LogP contribution is 2.26. The van der Waals surface area contributed by atoms with Crippen LogP contribution in [-0.4, -0.2) is 34.5 Å². The average Bonchev–Trinajstić information content (AvgIpc) is 2.81. The predicted molar refractivity (Wildman–Crippen MR) is 133 cm³/mol. The van der Waals surface area contributed by atoms with Crippen molar-refractivity contribution in [3.8, 4) is 16.9 Å². The van der Waals surface area contributed by atoms with Gasteiger partial charge < -0.3 is 25.0 Å². The topological polar surface area (TPSA) is 105 Å². The van der Waals surface area contributed by atoms with Crippen molar-refractivity contribution >= 4 is 12.1 Å². The van der Waals surface area contributed by atoms with Gasteiger partial charge in [-0.2, -0.15) is 0 Å². The van der Waals surface area contributed by atoms with Crippen molar-refractivity contribution in [2.75, 3.05) is 6.61 Å². The summed E-state index contributed by atoms with van der Waals surface area (Å²) in [5.74, 6) is -0.369. The molecule has 0 saturated heterocycles. The Balaban J connectivity index is 1.74. The number of hydrogen-bond acceptors (Lipinski definition) is 5. The lowest BCUT2D eigenvalue weighted by Gasteiger charge is -2.23. The van der Waals surface area contributed by atoms with E-state index >= 15 is 0 Å². The first-order valence-electron chi connectivity index (χ1n) is 11.4. The Morgan fingerprint density at radius 3 is 2.31 bits per heavy atom. The summed E-state index contributed by atoms with van der Waals surface area (Å²) in [5.41, 5.74) is 3.52. The maximum atomic E-state index is 12.2. The summed E-state index contributed by atoms with van der Waals surface area (Å²) in [7, 11) is 0. The number of para-hydroxylation sites is 1. The monoisotopic (exact) mass is 477 g/mol. The molecular formula is C28H31NO6. The molecule has 3 rings (SSSR count). The zero-order valence-corrected chi connectivity index (χ0v) is 20.2. The number of aliphatic carboxylic acids is 1. The first-order valence-corrected chi connectivity index (χ1v) is 11.4. The summed E-state index contributed by atoms with van der Waals surface area (Å²) in [6.45, 7) is 5.35. The van der Waals surface area contributed by atoms with Crippen LogP contribution in [0.2, 0.25) is 0 Å². The van der Waals surface area contributed by atoms with Gasteiger partial charge in [-0.05, 0) is 61.2 Å². The minimum atomic E-state index is -0.912. The zero-order valence-electron chi connectivity index (χ0n) is 20.2. The minimum absolute atomic E-state index is 0.105. The number of nitrogens with one attached hydrogen (secondary N) is 1. The third kappa shape index (κ3) is 7.86. The van der Waals surface area contributed by atoms with Crippen LogP contribution in [0.5, 0.6) is 5.75 Å². The maximum Gasteiger partial charge on any atom is 0.408 e. The van der Waals surface area contributed by atoms with E-state index in [2.05, 4.69) is 5.32 Å². The second kappa shape index (κ2) is 11.5. The number of alkyl carbamates (subject to hydrolysis) is 1. The summed E-state index contributed by atoms with van der Waals surface area (Å²) in [6, 6.07) is 21.9. The van der Waals surface area contributed by atoms with Gasteiger partial charge >= 0.3 is 12.1 Å². The standard InChI is InChI=1S/C28H31NO6/c1-28(2,3)35-27(33)29-24(17-30)22-12-7-11-21(15-22)20-10-6-8-19(14-20)18-34-25-13-5-4-9-23(25)16-26(31)32/h4-15,24,30H,16-18H2,1-3H3,(H,29,33)(H,31,32)/t24-/m1/s1. The number of aliphatic hydroxyl groups is 1. The molecule has 184 valence electrons. The first kappa shape index (κ1) is 25.8. The maximum absolute atomic E-state index is 12.2. The molecule has 0 fully saturated rings. The molecular weight excluding hydrogens is 446 g/mol. The molecule has 0 radical (unpaired) electrons. The highest BCUT2D eigenvalue weighted by atomic mass is 16.6. The Hall–Kier alpha value is -3.84. The van der Waals surface area contributed by atoms with Gasteiger partial charge in [-0.1, -0.05) is 54.6 Å². The molecule has 1 amide bonds. The van der Waals surface area contributed by atoms with Gasteiger partial charge in [-0.3, -0.25) is 4.79 Å². The number of carboxylic acids is 1. The van der Waals surface area contributed by atoms with E-state index in [1.54, 1.807) is 39.0 Å².